The van der Waals surface area contributed by atoms with Crippen molar-refractivity contribution in [1.29, 1.82) is 0 Å². The zero-order valence-corrected chi connectivity index (χ0v) is 16.4. The average molecular weight is 352 g/mol. The first-order valence-corrected chi connectivity index (χ1v) is 8.86. The Balaban J connectivity index is 2.81. The first-order chi connectivity index (χ1) is 11.7. The second-order valence-corrected chi connectivity index (χ2v) is 7.03. The molecule has 0 aliphatic rings. The molecule has 1 heterocycles. The van der Waals surface area contributed by atoms with E-state index in [0.29, 0.717) is 26.1 Å². The molecule has 0 fully saturated rings. The van der Waals surface area contributed by atoms with E-state index in [4.69, 9.17) is 9.15 Å². The fourth-order valence-electron chi connectivity index (χ4n) is 2.52. The lowest BCUT2D eigenvalue weighted by Crippen LogP contribution is -2.46. The number of methoxy groups -OCH3 is 1. The number of furan rings is 1. The number of nitrogens with zero attached hydrogens (tertiary/aromatic N) is 2. The fourth-order valence-corrected chi connectivity index (χ4v) is 2.52. The van der Waals surface area contributed by atoms with Gasteiger partial charge < -0.3 is 19.0 Å². The lowest BCUT2D eigenvalue weighted by molar-refractivity contribution is -0.143. The van der Waals surface area contributed by atoms with Gasteiger partial charge in [-0.2, -0.15) is 0 Å². The van der Waals surface area contributed by atoms with Gasteiger partial charge in [0.25, 0.3) is 0 Å². The minimum atomic E-state index is -0.100. The van der Waals surface area contributed by atoms with Gasteiger partial charge in [0, 0.05) is 26.1 Å². The zero-order valence-electron chi connectivity index (χ0n) is 16.4. The molecular formula is C19H32N2O4. The fraction of sp³-hybridized carbons (Fsp3) is 0.684. The van der Waals surface area contributed by atoms with E-state index in [1.807, 2.05) is 46.8 Å². The van der Waals surface area contributed by atoms with Crippen molar-refractivity contribution in [2.45, 2.75) is 53.6 Å². The molecule has 6 heteroatoms. The van der Waals surface area contributed by atoms with Crippen LogP contribution in [-0.2, 0) is 20.9 Å². The van der Waals surface area contributed by atoms with Gasteiger partial charge in [0.15, 0.2) is 0 Å². The van der Waals surface area contributed by atoms with Crippen LogP contribution in [0.5, 0.6) is 0 Å². The number of amides is 2. The lowest BCUT2D eigenvalue weighted by Gasteiger charge is -2.30. The van der Waals surface area contributed by atoms with E-state index in [2.05, 4.69) is 0 Å². The van der Waals surface area contributed by atoms with Crippen LogP contribution in [0.2, 0.25) is 0 Å². The summed E-state index contributed by atoms with van der Waals surface area (Å²) in [4.78, 5) is 28.6. The maximum absolute atomic E-state index is 12.8. The minimum absolute atomic E-state index is 0.0129. The first kappa shape index (κ1) is 21.2. The Morgan fingerprint density at radius 2 is 1.84 bits per heavy atom. The van der Waals surface area contributed by atoms with E-state index in [0.717, 1.165) is 11.5 Å². The molecule has 0 unspecified atom stereocenters. The van der Waals surface area contributed by atoms with Gasteiger partial charge in [0.05, 0.1) is 19.7 Å². The second kappa shape index (κ2) is 10.2. The van der Waals surface area contributed by atoms with E-state index in [1.165, 1.54) is 0 Å². The van der Waals surface area contributed by atoms with Crippen LogP contribution in [-0.4, -0.2) is 54.5 Å². The molecule has 2 amide bonds. The van der Waals surface area contributed by atoms with E-state index < -0.39 is 0 Å². The monoisotopic (exact) mass is 352 g/mol. The highest BCUT2D eigenvalue weighted by molar-refractivity contribution is 5.85. The predicted molar refractivity (Wildman–Crippen MR) is 97.0 cm³/mol. The molecule has 1 aromatic rings. The van der Waals surface area contributed by atoms with Crippen LogP contribution in [0, 0.1) is 12.8 Å². The largest absolute Gasteiger partial charge is 0.464 e. The highest BCUT2D eigenvalue weighted by Gasteiger charge is 2.24. The summed E-state index contributed by atoms with van der Waals surface area (Å²) < 4.78 is 10.7. The smallest absolute Gasteiger partial charge is 0.242 e. The molecule has 25 heavy (non-hydrogen) atoms. The van der Waals surface area contributed by atoms with Crippen LogP contribution < -0.4 is 0 Å². The van der Waals surface area contributed by atoms with Crippen molar-refractivity contribution in [3.63, 3.8) is 0 Å². The van der Waals surface area contributed by atoms with Crippen LogP contribution in [0.4, 0.5) is 0 Å². The average Bonchev–Trinajstić information content (AvgIpc) is 2.92. The molecule has 1 aromatic heterocycles. The summed E-state index contributed by atoms with van der Waals surface area (Å²) in [6, 6.07) is 3.72. The molecule has 0 bridgehead atoms. The molecule has 0 aliphatic carbocycles. The predicted octanol–water partition coefficient (Wildman–Crippen LogP) is 2.85. The second-order valence-electron chi connectivity index (χ2n) is 7.03. The van der Waals surface area contributed by atoms with Crippen molar-refractivity contribution >= 4 is 11.8 Å². The number of rotatable bonds is 10. The Morgan fingerprint density at radius 3 is 2.32 bits per heavy atom. The zero-order chi connectivity index (χ0) is 19.0. The SMILES string of the molecule is COCCN(Cc1ccc(C)o1)C(=O)CN(C(=O)CC(C)C)C(C)C. The van der Waals surface area contributed by atoms with Crippen LogP contribution >= 0.6 is 0 Å². The molecule has 0 saturated carbocycles. The van der Waals surface area contributed by atoms with Crippen molar-refractivity contribution in [3.8, 4) is 0 Å². The molecule has 0 saturated heterocycles. The third-order valence-electron chi connectivity index (χ3n) is 3.89. The van der Waals surface area contributed by atoms with E-state index in [9.17, 15) is 9.59 Å². The summed E-state index contributed by atoms with van der Waals surface area (Å²) >= 11 is 0. The Morgan fingerprint density at radius 1 is 1.16 bits per heavy atom. The molecule has 1 rings (SSSR count). The van der Waals surface area contributed by atoms with Crippen molar-refractivity contribution in [3.05, 3.63) is 23.7 Å². The third kappa shape index (κ3) is 7.30. The first-order valence-electron chi connectivity index (χ1n) is 8.86. The number of carbonyl (C=O) groups is 2. The Bertz CT molecular complexity index is 551. The molecule has 0 atom stereocenters. The van der Waals surface area contributed by atoms with Gasteiger partial charge in [0.2, 0.25) is 11.8 Å². The summed E-state index contributed by atoms with van der Waals surface area (Å²) in [6.07, 6.45) is 0.445. The third-order valence-corrected chi connectivity index (χ3v) is 3.89. The molecular weight excluding hydrogens is 320 g/mol. The maximum atomic E-state index is 12.8. The molecule has 0 aromatic carbocycles. The Hall–Kier alpha value is -1.82. The Kier molecular flexibility index (Phi) is 8.69. The topological polar surface area (TPSA) is 63.0 Å². The lowest BCUT2D eigenvalue weighted by atomic mass is 10.1. The van der Waals surface area contributed by atoms with Gasteiger partial charge in [0.1, 0.15) is 11.5 Å². The van der Waals surface area contributed by atoms with E-state index in [-0.39, 0.29) is 30.3 Å². The number of ether oxygens (including phenoxy) is 1. The van der Waals surface area contributed by atoms with Crippen molar-refractivity contribution < 1.29 is 18.7 Å². The molecule has 0 N–H and O–H groups in total. The van der Waals surface area contributed by atoms with E-state index in [1.54, 1.807) is 16.9 Å². The molecule has 142 valence electrons. The van der Waals surface area contributed by atoms with Gasteiger partial charge in [-0.1, -0.05) is 13.8 Å². The molecule has 0 spiro atoms. The number of carbonyl (C=O) groups excluding carboxylic acids is 2. The molecule has 0 aliphatic heterocycles. The van der Waals surface area contributed by atoms with Crippen molar-refractivity contribution in [2.75, 3.05) is 26.8 Å². The quantitative estimate of drug-likeness (QED) is 0.649. The Labute approximate surface area is 151 Å². The highest BCUT2D eigenvalue weighted by atomic mass is 16.5. The van der Waals surface area contributed by atoms with Gasteiger partial charge in [-0.25, -0.2) is 0 Å². The van der Waals surface area contributed by atoms with Gasteiger partial charge in [-0.15, -0.1) is 0 Å². The minimum Gasteiger partial charge on any atom is -0.464 e. The summed E-state index contributed by atoms with van der Waals surface area (Å²) in [5, 5.41) is 0. The molecule has 6 nitrogen and oxygen atoms in total. The normalized spacial score (nSPS) is 11.2. The van der Waals surface area contributed by atoms with E-state index >= 15 is 0 Å². The highest BCUT2D eigenvalue weighted by Crippen LogP contribution is 2.12. The van der Waals surface area contributed by atoms with Crippen LogP contribution in [0.25, 0.3) is 0 Å². The van der Waals surface area contributed by atoms with Crippen molar-refractivity contribution in [2.24, 2.45) is 5.92 Å². The van der Waals surface area contributed by atoms with Crippen molar-refractivity contribution in [1.82, 2.24) is 9.80 Å². The van der Waals surface area contributed by atoms with Crippen LogP contribution in [0.3, 0.4) is 0 Å². The summed E-state index contributed by atoms with van der Waals surface area (Å²) in [5.41, 5.74) is 0. The molecule has 0 radical (unpaired) electrons. The number of hydrogen-bond donors (Lipinski definition) is 0. The summed E-state index contributed by atoms with van der Waals surface area (Å²) in [6.45, 7) is 11.1. The maximum Gasteiger partial charge on any atom is 0.242 e. The number of aryl methyl sites for hydroxylation is 1. The van der Waals surface area contributed by atoms with Crippen LogP contribution in [0.15, 0.2) is 16.5 Å². The van der Waals surface area contributed by atoms with Gasteiger partial charge in [-0.05, 0) is 38.8 Å². The van der Waals surface area contributed by atoms with Gasteiger partial charge in [-0.3, -0.25) is 9.59 Å². The van der Waals surface area contributed by atoms with Crippen LogP contribution in [0.1, 0.15) is 45.6 Å². The number of hydrogen-bond acceptors (Lipinski definition) is 4. The van der Waals surface area contributed by atoms with Gasteiger partial charge >= 0.3 is 0 Å². The standard InChI is InChI=1S/C19H32N2O4/c1-14(2)11-18(22)21(15(3)4)13-19(23)20(9-10-24-6)12-17-8-7-16(5)25-17/h7-8,14-15H,9-13H2,1-6H3. The summed E-state index contributed by atoms with van der Waals surface area (Å²) in [7, 11) is 1.60. The summed E-state index contributed by atoms with van der Waals surface area (Å²) in [5.74, 6) is 1.71.